The number of hydrogen-bond donors (Lipinski definition) is 2. The van der Waals surface area contributed by atoms with E-state index in [-0.39, 0.29) is 11.6 Å². The Balaban J connectivity index is 1.80. The molecule has 0 atom stereocenters. The zero-order chi connectivity index (χ0) is 12.8. The number of amides is 1. The summed E-state index contributed by atoms with van der Waals surface area (Å²) in [7, 11) is 0. The van der Waals surface area contributed by atoms with Gasteiger partial charge >= 0.3 is 6.09 Å². The van der Waals surface area contributed by atoms with E-state index < -0.39 is 0 Å². The first-order valence-corrected chi connectivity index (χ1v) is 6.05. The molecule has 0 unspecified atom stereocenters. The van der Waals surface area contributed by atoms with Gasteiger partial charge in [-0.05, 0) is 12.0 Å². The third kappa shape index (κ3) is 3.11. The lowest BCUT2D eigenvalue weighted by atomic mass is 9.89. The van der Waals surface area contributed by atoms with Gasteiger partial charge in [0.2, 0.25) is 0 Å². The molecule has 0 aliphatic carbocycles. The minimum Gasteiger partial charge on any atom is -0.445 e. The van der Waals surface area contributed by atoms with Crippen molar-refractivity contribution in [2.24, 2.45) is 0 Å². The summed E-state index contributed by atoms with van der Waals surface area (Å²) in [6.07, 6.45) is 2.20. The Hall–Kier alpha value is -1.81. The lowest BCUT2D eigenvalue weighted by Crippen LogP contribution is -2.68. The van der Waals surface area contributed by atoms with Crippen molar-refractivity contribution in [1.29, 1.82) is 0 Å². The second-order valence-corrected chi connectivity index (χ2v) is 4.56. The first-order valence-electron chi connectivity index (χ1n) is 6.05. The highest BCUT2D eigenvalue weighted by atomic mass is 16.5. The fourth-order valence-electron chi connectivity index (χ4n) is 1.96. The van der Waals surface area contributed by atoms with E-state index in [1.807, 2.05) is 36.4 Å². The van der Waals surface area contributed by atoms with Crippen LogP contribution in [-0.4, -0.2) is 24.7 Å². The quantitative estimate of drug-likeness (QED) is 0.779. The maximum atomic E-state index is 11.7. The number of alkyl carbamates (subject to hydrolysis) is 1. The molecule has 18 heavy (non-hydrogen) atoms. The number of ether oxygens (including phenoxy) is 1. The van der Waals surface area contributed by atoms with Gasteiger partial charge in [-0.2, -0.15) is 0 Å². The Morgan fingerprint density at radius 2 is 2.17 bits per heavy atom. The molecular formula is C14H18N2O2. The van der Waals surface area contributed by atoms with Gasteiger partial charge in [-0.25, -0.2) is 4.79 Å². The van der Waals surface area contributed by atoms with Gasteiger partial charge in [0.05, 0.1) is 5.54 Å². The van der Waals surface area contributed by atoms with E-state index in [0.29, 0.717) is 6.61 Å². The molecule has 1 fully saturated rings. The van der Waals surface area contributed by atoms with Crippen molar-refractivity contribution in [3.05, 3.63) is 48.6 Å². The van der Waals surface area contributed by atoms with E-state index in [2.05, 4.69) is 17.2 Å². The molecule has 1 amide bonds. The standard InChI is InChI=1S/C14H18N2O2/c1-2-8-14(10-15-11-14)16-13(17)18-9-12-6-4-3-5-7-12/h2-7,15H,1,8-11H2,(H,16,17). The van der Waals surface area contributed by atoms with Gasteiger partial charge in [0.25, 0.3) is 0 Å². The van der Waals surface area contributed by atoms with E-state index in [9.17, 15) is 4.79 Å². The van der Waals surface area contributed by atoms with Gasteiger partial charge in [0.1, 0.15) is 6.61 Å². The van der Waals surface area contributed by atoms with Crippen molar-refractivity contribution < 1.29 is 9.53 Å². The smallest absolute Gasteiger partial charge is 0.408 e. The Kier molecular flexibility index (Phi) is 3.99. The summed E-state index contributed by atoms with van der Waals surface area (Å²) < 4.78 is 5.19. The number of hydrogen-bond acceptors (Lipinski definition) is 3. The third-order valence-electron chi connectivity index (χ3n) is 3.04. The van der Waals surface area contributed by atoms with Crippen molar-refractivity contribution in [3.63, 3.8) is 0 Å². The van der Waals surface area contributed by atoms with Crippen LogP contribution in [0.3, 0.4) is 0 Å². The average Bonchev–Trinajstić information content (AvgIpc) is 2.35. The van der Waals surface area contributed by atoms with Crippen molar-refractivity contribution in [3.8, 4) is 0 Å². The van der Waals surface area contributed by atoms with Crippen LogP contribution in [0.5, 0.6) is 0 Å². The molecule has 0 radical (unpaired) electrons. The van der Waals surface area contributed by atoms with Crippen molar-refractivity contribution in [2.75, 3.05) is 13.1 Å². The first kappa shape index (κ1) is 12.6. The summed E-state index contributed by atoms with van der Waals surface area (Å²) in [4.78, 5) is 11.7. The molecule has 1 aliphatic rings. The molecule has 96 valence electrons. The van der Waals surface area contributed by atoms with Gasteiger partial charge in [0.15, 0.2) is 0 Å². The lowest BCUT2D eigenvalue weighted by Gasteiger charge is -2.42. The molecule has 0 saturated carbocycles. The maximum absolute atomic E-state index is 11.7. The number of carbonyl (C=O) groups excluding carboxylic acids is 1. The monoisotopic (exact) mass is 246 g/mol. The lowest BCUT2D eigenvalue weighted by molar-refractivity contribution is 0.114. The molecule has 1 heterocycles. The van der Waals surface area contributed by atoms with Crippen LogP contribution in [-0.2, 0) is 11.3 Å². The summed E-state index contributed by atoms with van der Waals surface area (Å²) in [5, 5.41) is 6.05. The van der Waals surface area contributed by atoms with Crippen LogP contribution in [0.2, 0.25) is 0 Å². The van der Waals surface area contributed by atoms with Gasteiger partial charge in [0, 0.05) is 13.1 Å². The van der Waals surface area contributed by atoms with Crippen LogP contribution in [0, 0.1) is 0 Å². The molecule has 2 rings (SSSR count). The molecule has 4 nitrogen and oxygen atoms in total. The number of nitrogens with one attached hydrogen (secondary N) is 2. The SMILES string of the molecule is C=CCC1(NC(=O)OCc2ccccc2)CNC1. The van der Waals surface area contributed by atoms with Crippen LogP contribution in [0.25, 0.3) is 0 Å². The molecule has 0 bridgehead atoms. The Bertz CT molecular complexity index is 413. The highest BCUT2D eigenvalue weighted by Gasteiger charge is 2.37. The molecule has 1 aromatic rings. The maximum Gasteiger partial charge on any atom is 0.408 e. The molecule has 0 spiro atoms. The Morgan fingerprint density at radius 1 is 1.44 bits per heavy atom. The Labute approximate surface area is 107 Å². The van der Waals surface area contributed by atoms with Crippen LogP contribution in [0.15, 0.2) is 43.0 Å². The van der Waals surface area contributed by atoms with Gasteiger partial charge < -0.3 is 15.4 Å². The number of rotatable bonds is 5. The molecule has 4 heteroatoms. The predicted octanol–water partition coefficient (Wildman–Crippen LogP) is 1.83. The van der Waals surface area contributed by atoms with Crippen LogP contribution >= 0.6 is 0 Å². The largest absolute Gasteiger partial charge is 0.445 e. The summed E-state index contributed by atoms with van der Waals surface area (Å²) in [6, 6.07) is 9.63. The molecule has 0 aromatic heterocycles. The third-order valence-corrected chi connectivity index (χ3v) is 3.04. The van der Waals surface area contributed by atoms with E-state index >= 15 is 0 Å². The van der Waals surface area contributed by atoms with E-state index in [1.54, 1.807) is 0 Å². The zero-order valence-electron chi connectivity index (χ0n) is 10.3. The second-order valence-electron chi connectivity index (χ2n) is 4.56. The Morgan fingerprint density at radius 3 is 2.72 bits per heavy atom. The molecule has 1 saturated heterocycles. The number of benzene rings is 1. The summed E-state index contributed by atoms with van der Waals surface area (Å²) in [5.74, 6) is 0. The average molecular weight is 246 g/mol. The van der Waals surface area contributed by atoms with E-state index in [0.717, 1.165) is 25.1 Å². The minimum atomic E-state index is -0.373. The second kappa shape index (κ2) is 5.69. The van der Waals surface area contributed by atoms with Crippen LogP contribution < -0.4 is 10.6 Å². The van der Waals surface area contributed by atoms with Gasteiger partial charge in [-0.15, -0.1) is 6.58 Å². The minimum absolute atomic E-state index is 0.213. The summed E-state index contributed by atoms with van der Waals surface area (Å²) in [6.45, 7) is 5.53. The number of carbonyl (C=O) groups is 1. The van der Waals surface area contributed by atoms with Gasteiger partial charge in [-0.3, -0.25) is 0 Å². The molecule has 2 N–H and O–H groups in total. The predicted molar refractivity (Wildman–Crippen MR) is 70.2 cm³/mol. The van der Waals surface area contributed by atoms with E-state index in [4.69, 9.17) is 4.74 Å². The molecular weight excluding hydrogens is 228 g/mol. The normalized spacial score (nSPS) is 16.4. The van der Waals surface area contributed by atoms with Crippen LogP contribution in [0.4, 0.5) is 4.79 Å². The van der Waals surface area contributed by atoms with Crippen molar-refractivity contribution in [2.45, 2.75) is 18.6 Å². The summed E-state index contributed by atoms with van der Waals surface area (Å²) in [5.41, 5.74) is 0.771. The van der Waals surface area contributed by atoms with Gasteiger partial charge in [-0.1, -0.05) is 36.4 Å². The highest BCUT2D eigenvalue weighted by molar-refractivity contribution is 5.68. The van der Waals surface area contributed by atoms with Crippen molar-refractivity contribution >= 4 is 6.09 Å². The van der Waals surface area contributed by atoms with Crippen LogP contribution in [0.1, 0.15) is 12.0 Å². The zero-order valence-corrected chi connectivity index (χ0v) is 10.3. The van der Waals surface area contributed by atoms with E-state index in [1.165, 1.54) is 0 Å². The fraction of sp³-hybridized carbons (Fsp3) is 0.357. The summed E-state index contributed by atoms with van der Waals surface area (Å²) >= 11 is 0. The van der Waals surface area contributed by atoms with Crippen molar-refractivity contribution in [1.82, 2.24) is 10.6 Å². The topological polar surface area (TPSA) is 50.4 Å². The fourth-order valence-corrected chi connectivity index (χ4v) is 1.96. The highest BCUT2D eigenvalue weighted by Crippen LogP contribution is 2.16. The molecule has 1 aliphatic heterocycles. The first-order chi connectivity index (χ1) is 8.74. The molecule has 1 aromatic carbocycles.